The van der Waals surface area contributed by atoms with Crippen LogP contribution in [0, 0.1) is 5.92 Å². The van der Waals surface area contributed by atoms with E-state index in [-0.39, 0.29) is 43.5 Å². The molecule has 0 aliphatic carbocycles. The van der Waals surface area contributed by atoms with Gasteiger partial charge >= 0.3 is 11.7 Å². The number of benzene rings is 1. The number of methoxy groups -OCH3 is 1. The van der Waals surface area contributed by atoms with Gasteiger partial charge in [0.25, 0.3) is 11.5 Å². The van der Waals surface area contributed by atoms with Crippen molar-refractivity contribution >= 4 is 23.4 Å². The molecule has 1 aromatic heterocycles. The van der Waals surface area contributed by atoms with E-state index in [0.29, 0.717) is 11.1 Å². The highest BCUT2D eigenvalue weighted by Crippen LogP contribution is 2.25. The number of esters is 1. The highest BCUT2D eigenvalue weighted by Gasteiger charge is 2.36. The normalized spacial score (nSPS) is 15.5. The molecule has 166 valence electrons. The third-order valence-corrected chi connectivity index (χ3v) is 4.98. The van der Waals surface area contributed by atoms with Gasteiger partial charge in [-0.15, -0.1) is 0 Å². The minimum Gasteiger partial charge on any atom is -0.448 e. The number of H-pyrrole nitrogens is 1. The van der Waals surface area contributed by atoms with E-state index in [9.17, 15) is 19.2 Å². The van der Waals surface area contributed by atoms with Crippen LogP contribution >= 0.6 is 0 Å². The number of hydrogen-bond acceptors (Lipinski definition) is 7. The summed E-state index contributed by atoms with van der Waals surface area (Å²) < 4.78 is 11.7. The van der Waals surface area contributed by atoms with Gasteiger partial charge in [-0.3, -0.25) is 24.0 Å². The molecule has 1 atom stereocenters. The molecule has 0 spiro atoms. The number of hydrogen-bond donors (Lipinski definition) is 2. The number of aromatic nitrogens is 2. The second-order valence-electron chi connectivity index (χ2n) is 7.74. The molecular weight excluding hydrogens is 404 g/mol. The summed E-state index contributed by atoms with van der Waals surface area (Å²) in [5, 5.41) is 0. The zero-order chi connectivity index (χ0) is 22.7. The molecule has 3 N–H and O–H groups in total. The zero-order valence-corrected chi connectivity index (χ0v) is 17.7. The third-order valence-electron chi connectivity index (χ3n) is 4.98. The van der Waals surface area contributed by atoms with Crippen molar-refractivity contribution in [3.05, 3.63) is 56.2 Å². The fourth-order valence-electron chi connectivity index (χ4n) is 3.54. The van der Waals surface area contributed by atoms with Crippen molar-refractivity contribution in [1.82, 2.24) is 9.55 Å². The summed E-state index contributed by atoms with van der Waals surface area (Å²) in [5.74, 6) is -1.29. The highest BCUT2D eigenvalue weighted by atomic mass is 16.5. The number of carbonyl (C=O) groups is 2. The largest absolute Gasteiger partial charge is 0.448 e. The molecule has 31 heavy (non-hydrogen) atoms. The number of nitrogens with zero attached hydrogens (tertiary/aromatic N) is 2. The lowest BCUT2D eigenvalue weighted by atomic mass is 9.98. The Morgan fingerprint density at radius 2 is 2.03 bits per heavy atom. The van der Waals surface area contributed by atoms with Crippen molar-refractivity contribution in [2.75, 3.05) is 30.9 Å². The van der Waals surface area contributed by atoms with Crippen LogP contribution in [0.25, 0.3) is 0 Å². The van der Waals surface area contributed by atoms with Crippen LogP contribution in [0.15, 0.2) is 33.9 Å². The summed E-state index contributed by atoms with van der Waals surface area (Å²) in [6, 6.07) is 6.86. The molecule has 10 heteroatoms. The van der Waals surface area contributed by atoms with Crippen molar-refractivity contribution < 1.29 is 19.1 Å². The van der Waals surface area contributed by atoms with Gasteiger partial charge in [-0.1, -0.05) is 32.0 Å². The first kappa shape index (κ1) is 22.3. The fourth-order valence-corrected chi connectivity index (χ4v) is 3.54. The number of carbonyl (C=O) groups excluding carboxylic acids is 2. The monoisotopic (exact) mass is 430 g/mol. The van der Waals surface area contributed by atoms with Gasteiger partial charge in [-0.05, 0) is 17.5 Å². The average Bonchev–Trinajstić information content (AvgIpc) is 2.72. The van der Waals surface area contributed by atoms with Gasteiger partial charge in [0.05, 0.1) is 12.2 Å². The molecular formula is C21H26N4O6. The Morgan fingerprint density at radius 3 is 2.71 bits per heavy atom. The van der Waals surface area contributed by atoms with Gasteiger partial charge in [0.2, 0.25) is 0 Å². The first-order valence-electron chi connectivity index (χ1n) is 9.96. The quantitative estimate of drug-likeness (QED) is 0.612. The molecule has 1 aliphatic rings. The first-order valence-corrected chi connectivity index (χ1v) is 9.96. The molecule has 1 aromatic carbocycles. The number of nitrogens with one attached hydrogen (secondary N) is 1. The molecule has 1 aliphatic heterocycles. The van der Waals surface area contributed by atoms with Crippen LogP contribution in [0.1, 0.15) is 29.8 Å². The minimum atomic E-state index is -1.14. The van der Waals surface area contributed by atoms with Gasteiger partial charge in [-0.2, -0.15) is 0 Å². The number of rotatable bonds is 7. The van der Waals surface area contributed by atoms with Crippen LogP contribution in [0.4, 0.5) is 11.5 Å². The molecule has 3 rings (SSSR count). The molecule has 2 heterocycles. The molecule has 0 fully saturated rings. The number of fused-ring (bicyclic) bond motifs is 1. The number of nitrogens with two attached hydrogens (primary N) is 1. The molecule has 0 saturated heterocycles. The second-order valence-corrected chi connectivity index (χ2v) is 7.74. The zero-order valence-electron chi connectivity index (χ0n) is 17.7. The summed E-state index contributed by atoms with van der Waals surface area (Å²) in [6.45, 7) is 4.13. The lowest BCUT2D eigenvalue weighted by molar-refractivity contribution is -0.127. The minimum absolute atomic E-state index is 0.0157. The topological polar surface area (TPSA) is 137 Å². The number of nitrogen functional groups attached to an aromatic ring is 1. The molecule has 0 bridgehead atoms. The van der Waals surface area contributed by atoms with Crippen molar-refractivity contribution in [2.45, 2.75) is 32.9 Å². The molecule has 2 aromatic rings. The van der Waals surface area contributed by atoms with Gasteiger partial charge in [0.15, 0.2) is 11.8 Å². The van der Waals surface area contributed by atoms with Crippen LogP contribution in [0.5, 0.6) is 0 Å². The van der Waals surface area contributed by atoms with Crippen molar-refractivity contribution in [3.8, 4) is 0 Å². The van der Waals surface area contributed by atoms with Gasteiger partial charge < -0.3 is 15.2 Å². The molecule has 1 unspecified atom stereocenters. The first-order chi connectivity index (χ1) is 14.7. The Balaban J connectivity index is 2.03. The van der Waals surface area contributed by atoms with E-state index in [1.165, 1.54) is 11.7 Å². The van der Waals surface area contributed by atoms with E-state index < -0.39 is 29.2 Å². The van der Waals surface area contributed by atoms with Crippen LogP contribution in [-0.2, 0) is 27.2 Å². The summed E-state index contributed by atoms with van der Waals surface area (Å²) in [4.78, 5) is 54.0. The SMILES string of the molecule is COCCN(C(=O)C1Cc2ccccc2C(=O)O1)c1c(N)n(CC(C)C)c(=O)[nH]c1=O. The fraction of sp³-hybridized carbons (Fsp3) is 0.429. The van der Waals surface area contributed by atoms with E-state index >= 15 is 0 Å². The summed E-state index contributed by atoms with van der Waals surface area (Å²) in [5.41, 5.74) is 5.63. The molecule has 0 saturated carbocycles. The van der Waals surface area contributed by atoms with Crippen LogP contribution < -0.4 is 21.9 Å². The molecule has 0 radical (unpaired) electrons. The third kappa shape index (κ3) is 4.53. The lowest BCUT2D eigenvalue weighted by Crippen LogP contribution is -2.49. The van der Waals surface area contributed by atoms with E-state index in [2.05, 4.69) is 4.98 Å². The van der Waals surface area contributed by atoms with E-state index in [0.717, 1.165) is 4.90 Å². The number of cyclic esters (lactones) is 1. The van der Waals surface area contributed by atoms with E-state index in [1.807, 2.05) is 13.8 Å². The Hall–Kier alpha value is -3.40. The second kappa shape index (κ2) is 9.17. The number of ether oxygens (including phenoxy) is 2. The summed E-state index contributed by atoms with van der Waals surface area (Å²) in [6.07, 6.45) is -0.975. The van der Waals surface area contributed by atoms with Crippen LogP contribution in [0.2, 0.25) is 0 Å². The number of anilines is 2. The average molecular weight is 430 g/mol. The van der Waals surface area contributed by atoms with E-state index in [4.69, 9.17) is 15.2 Å². The maximum absolute atomic E-state index is 13.4. The smallest absolute Gasteiger partial charge is 0.339 e. The Kier molecular flexibility index (Phi) is 6.59. The van der Waals surface area contributed by atoms with Gasteiger partial charge in [0.1, 0.15) is 5.82 Å². The molecule has 1 amide bonds. The van der Waals surface area contributed by atoms with Crippen molar-refractivity contribution in [3.63, 3.8) is 0 Å². The van der Waals surface area contributed by atoms with Gasteiger partial charge in [-0.25, -0.2) is 9.59 Å². The Morgan fingerprint density at radius 1 is 1.32 bits per heavy atom. The Labute approximate surface area is 178 Å². The highest BCUT2D eigenvalue weighted by molar-refractivity contribution is 6.02. The van der Waals surface area contributed by atoms with Crippen LogP contribution in [0.3, 0.4) is 0 Å². The standard InChI is InChI=1S/C21H26N4O6/c1-12(2)11-25-17(22)16(18(26)23-21(25)29)24(8-9-30-3)19(27)15-10-13-6-4-5-7-14(13)20(28)31-15/h4-7,12,15H,8-11,22H2,1-3H3,(H,23,26,29). The molecule has 10 nitrogen and oxygen atoms in total. The van der Waals surface area contributed by atoms with Crippen molar-refractivity contribution in [1.29, 1.82) is 0 Å². The maximum Gasteiger partial charge on any atom is 0.339 e. The number of aromatic amines is 1. The summed E-state index contributed by atoms with van der Waals surface area (Å²) >= 11 is 0. The number of amides is 1. The Bertz CT molecular complexity index is 1100. The summed E-state index contributed by atoms with van der Waals surface area (Å²) in [7, 11) is 1.45. The lowest BCUT2D eigenvalue weighted by Gasteiger charge is -2.30. The maximum atomic E-state index is 13.4. The van der Waals surface area contributed by atoms with E-state index in [1.54, 1.807) is 24.3 Å². The van der Waals surface area contributed by atoms with Crippen molar-refractivity contribution in [2.24, 2.45) is 5.92 Å². The van der Waals surface area contributed by atoms with Crippen LogP contribution in [-0.4, -0.2) is 47.8 Å². The predicted octanol–water partition coefficient (Wildman–Crippen LogP) is 0.536. The predicted molar refractivity (Wildman–Crippen MR) is 114 cm³/mol. The van der Waals surface area contributed by atoms with Gasteiger partial charge in [0, 0.05) is 26.6 Å².